The highest BCUT2D eigenvalue weighted by molar-refractivity contribution is 5.80. The van der Waals surface area contributed by atoms with Gasteiger partial charge < -0.3 is 0 Å². The van der Waals surface area contributed by atoms with Gasteiger partial charge in [-0.15, -0.1) is 5.10 Å². The van der Waals surface area contributed by atoms with Crippen LogP contribution in [0, 0.1) is 0 Å². The van der Waals surface area contributed by atoms with Gasteiger partial charge in [0, 0.05) is 5.56 Å². The van der Waals surface area contributed by atoms with Crippen molar-refractivity contribution in [2.24, 2.45) is 0 Å². The molecule has 0 saturated heterocycles. The Kier molecular flexibility index (Phi) is 3.06. The van der Waals surface area contributed by atoms with Gasteiger partial charge in [-0.05, 0) is 33.5 Å². The SMILES string of the molecule is CCc1ccc(-c2ccccc2-c2nnn[nH]2)cc1. The Balaban J connectivity index is 2.09. The van der Waals surface area contributed by atoms with Gasteiger partial charge in [-0.3, -0.25) is 0 Å². The molecule has 0 aliphatic carbocycles. The normalized spacial score (nSPS) is 10.6. The van der Waals surface area contributed by atoms with E-state index in [1.165, 1.54) is 11.1 Å². The van der Waals surface area contributed by atoms with Crippen molar-refractivity contribution in [1.82, 2.24) is 20.6 Å². The minimum Gasteiger partial charge on any atom is -0.239 e. The van der Waals surface area contributed by atoms with E-state index in [9.17, 15) is 0 Å². The molecule has 1 aromatic heterocycles. The fraction of sp³-hybridized carbons (Fsp3) is 0.133. The molecular weight excluding hydrogens is 236 g/mol. The molecule has 2 aromatic carbocycles. The number of H-pyrrole nitrogens is 1. The third-order valence-electron chi connectivity index (χ3n) is 3.20. The predicted molar refractivity (Wildman–Crippen MR) is 74.4 cm³/mol. The highest BCUT2D eigenvalue weighted by Gasteiger charge is 2.09. The van der Waals surface area contributed by atoms with Crippen molar-refractivity contribution < 1.29 is 0 Å². The molecule has 0 radical (unpaired) electrons. The zero-order chi connectivity index (χ0) is 13.1. The number of aromatic amines is 1. The summed E-state index contributed by atoms with van der Waals surface area (Å²) in [4.78, 5) is 0. The van der Waals surface area contributed by atoms with E-state index in [0.29, 0.717) is 5.82 Å². The van der Waals surface area contributed by atoms with Gasteiger partial charge in [-0.1, -0.05) is 55.5 Å². The number of benzene rings is 2. The van der Waals surface area contributed by atoms with Crippen LogP contribution in [0.15, 0.2) is 48.5 Å². The van der Waals surface area contributed by atoms with Crippen molar-refractivity contribution >= 4 is 0 Å². The fourth-order valence-electron chi connectivity index (χ4n) is 2.13. The van der Waals surface area contributed by atoms with Gasteiger partial charge in [0.15, 0.2) is 5.82 Å². The van der Waals surface area contributed by atoms with E-state index >= 15 is 0 Å². The van der Waals surface area contributed by atoms with Gasteiger partial charge in [0.1, 0.15) is 0 Å². The maximum Gasteiger partial charge on any atom is 0.180 e. The molecular formula is C15H14N4. The van der Waals surface area contributed by atoms with E-state index in [0.717, 1.165) is 17.5 Å². The number of rotatable bonds is 3. The van der Waals surface area contributed by atoms with Crippen LogP contribution < -0.4 is 0 Å². The third-order valence-corrected chi connectivity index (χ3v) is 3.20. The van der Waals surface area contributed by atoms with E-state index < -0.39 is 0 Å². The van der Waals surface area contributed by atoms with Gasteiger partial charge in [0.2, 0.25) is 0 Å². The second kappa shape index (κ2) is 5.02. The minimum atomic E-state index is 0.690. The summed E-state index contributed by atoms with van der Waals surface area (Å²) in [5.74, 6) is 0.690. The number of nitrogens with zero attached hydrogens (tertiary/aromatic N) is 3. The Labute approximate surface area is 111 Å². The lowest BCUT2D eigenvalue weighted by atomic mass is 9.98. The minimum absolute atomic E-state index is 0.690. The van der Waals surface area contributed by atoms with Gasteiger partial charge in [-0.2, -0.15) is 0 Å². The molecule has 0 bridgehead atoms. The average Bonchev–Trinajstić information content (AvgIpc) is 3.01. The first-order chi connectivity index (χ1) is 9.38. The van der Waals surface area contributed by atoms with Gasteiger partial charge in [-0.25, -0.2) is 5.10 Å². The number of hydrogen-bond acceptors (Lipinski definition) is 3. The molecule has 0 spiro atoms. The van der Waals surface area contributed by atoms with Crippen LogP contribution >= 0.6 is 0 Å². The molecule has 0 unspecified atom stereocenters. The summed E-state index contributed by atoms with van der Waals surface area (Å²) in [5.41, 5.74) is 4.65. The quantitative estimate of drug-likeness (QED) is 0.777. The Morgan fingerprint density at radius 2 is 1.68 bits per heavy atom. The van der Waals surface area contributed by atoms with Crippen LogP contribution in [0.2, 0.25) is 0 Å². The van der Waals surface area contributed by atoms with Crippen molar-refractivity contribution in [3.8, 4) is 22.5 Å². The van der Waals surface area contributed by atoms with E-state index in [4.69, 9.17) is 0 Å². The molecule has 0 aliphatic rings. The highest BCUT2D eigenvalue weighted by atomic mass is 15.5. The van der Waals surface area contributed by atoms with E-state index in [-0.39, 0.29) is 0 Å². The lowest BCUT2D eigenvalue weighted by molar-refractivity contribution is 0.881. The lowest BCUT2D eigenvalue weighted by Gasteiger charge is -2.07. The largest absolute Gasteiger partial charge is 0.239 e. The Bertz CT molecular complexity index is 657. The lowest BCUT2D eigenvalue weighted by Crippen LogP contribution is -1.88. The average molecular weight is 250 g/mol. The summed E-state index contributed by atoms with van der Waals surface area (Å²) in [6.07, 6.45) is 1.05. The summed E-state index contributed by atoms with van der Waals surface area (Å²) in [6.45, 7) is 2.16. The van der Waals surface area contributed by atoms with Gasteiger partial charge >= 0.3 is 0 Å². The number of nitrogens with one attached hydrogen (secondary N) is 1. The summed E-state index contributed by atoms with van der Waals surface area (Å²) < 4.78 is 0. The summed E-state index contributed by atoms with van der Waals surface area (Å²) in [6, 6.07) is 16.7. The molecule has 0 aliphatic heterocycles. The molecule has 19 heavy (non-hydrogen) atoms. The topological polar surface area (TPSA) is 54.5 Å². The van der Waals surface area contributed by atoms with E-state index in [1.54, 1.807) is 0 Å². The highest BCUT2D eigenvalue weighted by Crippen LogP contribution is 2.29. The first kappa shape index (κ1) is 11.6. The fourth-order valence-corrected chi connectivity index (χ4v) is 2.13. The summed E-state index contributed by atoms with van der Waals surface area (Å²) in [5, 5.41) is 14.1. The molecule has 3 aromatic rings. The number of aromatic nitrogens is 4. The van der Waals surface area contributed by atoms with Crippen molar-refractivity contribution in [2.75, 3.05) is 0 Å². The Morgan fingerprint density at radius 3 is 2.32 bits per heavy atom. The number of tetrazole rings is 1. The second-order valence-corrected chi connectivity index (χ2v) is 4.35. The molecule has 3 rings (SSSR count). The first-order valence-corrected chi connectivity index (χ1v) is 6.31. The number of hydrogen-bond donors (Lipinski definition) is 1. The van der Waals surface area contributed by atoms with Crippen molar-refractivity contribution in [3.05, 3.63) is 54.1 Å². The zero-order valence-corrected chi connectivity index (χ0v) is 10.7. The Hall–Kier alpha value is -2.49. The van der Waals surface area contributed by atoms with Crippen molar-refractivity contribution in [2.45, 2.75) is 13.3 Å². The predicted octanol–water partition coefficient (Wildman–Crippen LogP) is 3.10. The van der Waals surface area contributed by atoms with Crippen LogP contribution in [0.3, 0.4) is 0 Å². The van der Waals surface area contributed by atoms with Crippen LogP contribution in [0.25, 0.3) is 22.5 Å². The van der Waals surface area contributed by atoms with Crippen LogP contribution in [-0.2, 0) is 6.42 Å². The van der Waals surface area contributed by atoms with E-state index in [2.05, 4.69) is 57.9 Å². The van der Waals surface area contributed by atoms with Gasteiger partial charge in [0.25, 0.3) is 0 Å². The third kappa shape index (κ3) is 2.25. The summed E-state index contributed by atoms with van der Waals surface area (Å²) >= 11 is 0. The molecule has 4 heteroatoms. The molecule has 1 N–H and O–H groups in total. The zero-order valence-electron chi connectivity index (χ0n) is 10.7. The maximum absolute atomic E-state index is 3.99. The molecule has 0 fully saturated rings. The molecule has 0 amide bonds. The van der Waals surface area contributed by atoms with Crippen LogP contribution in [0.5, 0.6) is 0 Å². The van der Waals surface area contributed by atoms with Crippen LogP contribution in [0.1, 0.15) is 12.5 Å². The summed E-state index contributed by atoms with van der Waals surface area (Å²) in [7, 11) is 0. The molecule has 1 heterocycles. The molecule has 94 valence electrons. The van der Waals surface area contributed by atoms with E-state index in [1.807, 2.05) is 18.2 Å². The Morgan fingerprint density at radius 1 is 0.947 bits per heavy atom. The first-order valence-electron chi connectivity index (χ1n) is 6.31. The van der Waals surface area contributed by atoms with Gasteiger partial charge in [0.05, 0.1) is 0 Å². The smallest absolute Gasteiger partial charge is 0.180 e. The monoisotopic (exact) mass is 250 g/mol. The van der Waals surface area contributed by atoms with Crippen LogP contribution in [-0.4, -0.2) is 20.6 Å². The maximum atomic E-state index is 3.99. The molecule has 0 saturated carbocycles. The number of aryl methyl sites for hydroxylation is 1. The van der Waals surface area contributed by atoms with Crippen molar-refractivity contribution in [3.63, 3.8) is 0 Å². The second-order valence-electron chi connectivity index (χ2n) is 4.35. The van der Waals surface area contributed by atoms with Crippen LogP contribution in [0.4, 0.5) is 0 Å². The molecule has 4 nitrogen and oxygen atoms in total. The molecule has 0 atom stereocenters. The van der Waals surface area contributed by atoms with Crippen molar-refractivity contribution in [1.29, 1.82) is 0 Å². The standard InChI is InChI=1S/C15H14N4/c1-2-11-7-9-12(10-8-11)13-5-3-4-6-14(13)15-16-18-19-17-15/h3-10H,2H2,1H3,(H,16,17,18,19).